The number of aromatic carboxylic acids is 1. The predicted octanol–water partition coefficient (Wildman–Crippen LogP) is 3.80. The number of nitrogens with zero attached hydrogens (tertiary/aromatic N) is 1. The fourth-order valence-corrected chi connectivity index (χ4v) is 3.00. The van der Waals surface area contributed by atoms with E-state index in [0.717, 1.165) is 6.07 Å². The number of carbonyl (C=O) groups is 1. The Bertz CT molecular complexity index is 763. The summed E-state index contributed by atoms with van der Waals surface area (Å²) in [6.45, 7) is 0.840. The minimum Gasteiger partial charge on any atom is -0.478 e. The van der Waals surface area contributed by atoms with Crippen molar-refractivity contribution in [3.05, 3.63) is 65.0 Å². The number of halogens is 3. The number of carboxylic acid groups (broad SMARTS) is 1. The van der Waals surface area contributed by atoms with Crippen LogP contribution < -0.4 is 4.90 Å². The molecule has 1 heterocycles. The summed E-state index contributed by atoms with van der Waals surface area (Å²) in [6, 6.07) is 7.62. The van der Waals surface area contributed by atoms with Crippen molar-refractivity contribution in [3.8, 4) is 0 Å². The van der Waals surface area contributed by atoms with Crippen molar-refractivity contribution >= 4 is 11.7 Å². The summed E-state index contributed by atoms with van der Waals surface area (Å²) in [4.78, 5) is 12.7. The summed E-state index contributed by atoms with van der Waals surface area (Å²) in [5.41, 5.74) is 0.215. The molecular weight excluding hydrogens is 307 g/mol. The maximum Gasteiger partial charge on any atom is 0.338 e. The van der Waals surface area contributed by atoms with Gasteiger partial charge in [-0.2, -0.15) is 0 Å². The minimum atomic E-state index is -1.32. The largest absolute Gasteiger partial charge is 0.478 e. The second-order valence-electron chi connectivity index (χ2n) is 5.54. The molecule has 0 aromatic heterocycles. The van der Waals surface area contributed by atoms with Gasteiger partial charge in [0.2, 0.25) is 0 Å². The van der Waals surface area contributed by atoms with E-state index >= 15 is 0 Å². The van der Waals surface area contributed by atoms with Gasteiger partial charge >= 0.3 is 5.97 Å². The molecule has 3 nitrogen and oxygen atoms in total. The van der Waals surface area contributed by atoms with Crippen LogP contribution in [-0.2, 0) is 0 Å². The lowest BCUT2D eigenvalue weighted by atomic mass is 9.96. The van der Waals surface area contributed by atoms with Gasteiger partial charge in [-0.25, -0.2) is 18.0 Å². The quantitative estimate of drug-likeness (QED) is 0.935. The van der Waals surface area contributed by atoms with Crippen LogP contribution in [0.4, 0.5) is 18.9 Å². The van der Waals surface area contributed by atoms with E-state index in [2.05, 4.69) is 0 Å². The number of rotatable bonds is 3. The maximum atomic E-state index is 14.3. The molecule has 2 aromatic carbocycles. The molecule has 2 aromatic rings. The van der Waals surface area contributed by atoms with Crippen molar-refractivity contribution in [2.75, 3.05) is 18.0 Å². The second kappa shape index (κ2) is 5.95. The zero-order valence-electron chi connectivity index (χ0n) is 12.1. The highest BCUT2D eigenvalue weighted by molar-refractivity contribution is 5.88. The Morgan fingerprint density at radius 1 is 1.17 bits per heavy atom. The molecule has 3 rings (SSSR count). The Morgan fingerprint density at radius 2 is 1.96 bits per heavy atom. The molecule has 0 saturated carbocycles. The van der Waals surface area contributed by atoms with E-state index in [4.69, 9.17) is 5.11 Å². The van der Waals surface area contributed by atoms with Crippen LogP contribution in [0.3, 0.4) is 0 Å². The van der Waals surface area contributed by atoms with Gasteiger partial charge in [-0.3, -0.25) is 0 Å². The molecule has 1 saturated heterocycles. The van der Waals surface area contributed by atoms with Crippen molar-refractivity contribution in [1.82, 2.24) is 0 Å². The monoisotopic (exact) mass is 321 g/mol. The first kappa shape index (κ1) is 15.4. The molecule has 0 radical (unpaired) electrons. The maximum absolute atomic E-state index is 14.3. The lowest BCUT2D eigenvalue weighted by Gasteiger charge is -2.20. The molecule has 6 heteroatoms. The predicted molar refractivity (Wildman–Crippen MR) is 79.3 cm³/mol. The van der Waals surface area contributed by atoms with Gasteiger partial charge in [0.25, 0.3) is 0 Å². The van der Waals surface area contributed by atoms with Crippen LogP contribution in [0.2, 0.25) is 0 Å². The van der Waals surface area contributed by atoms with Gasteiger partial charge < -0.3 is 10.0 Å². The lowest BCUT2D eigenvalue weighted by molar-refractivity contribution is 0.0691. The average Bonchev–Trinajstić information content (AvgIpc) is 2.96. The molecule has 120 valence electrons. The van der Waals surface area contributed by atoms with E-state index < -0.39 is 23.4 Å². The SMILES string of the molecule is O=C(O)c1cccc(C2CCN(c3ccc(F)cc3F)C2)c1F. The molecule has 23 heavy (non-hydrogen) atoms. The van der Waals surface area contributed by atoms with Crippen LogP contribution in [0.5, 0.6) is 0 Å². The topological polar surface area (TPSA) is 40.5 Å². The summed E-state index contributed by atoms with van der Waals surface area (Å²) in [5.74, 6) is -3.61. The van der Waals surface area contributed by atoms with Crippen molar-refractivity contribution in [2.45, 2.75) is 12.3 Å². The zero-order valence-corrected chi connectivity index (χ0v) is 12.1. The zero-order chi connectivity index (χ0) is 16.6. The number of carboxylic acids is 1. The summed E-state index contributed by atoms with van der Waals surface area (Å²) < 4.78 is 41.1. The number of hydrogen-bond acceptors (Lipinski definition) is 2. The molecule has 1 unspecified atom stereocenters. The molecular formula is C17H14F3NO2. The summed E-state index contributed by atoms with van der Waals surface area (Å²) in [5, 5.41) is 8.99. The fourth-order valence-electron chi connectivity index (χ4n) is 3.00. The molecule has 0 amide bonds. The molecule has 0 spiro atoms. The van der Waals surface area contributed by atoms with E-state index in [9.17, 15) is 18.0 Å². The summed E-state index contributed by atoms with van der Waals surface area (Å²) in [6.07, 6.45) is 0.566. The molecule has 1 aliphatic heterocycles. The fraction of sp³-hybridized carbons (Fsp3) is 0.235. The van der Waals surface area contributed by atoms with Crippen molar-refractivity contribution in [3.63, 3.8) is 0 Å². The second-order valence-corrected chi connectivity index (χ2v) is 5.54. The Balaban J connectivity index is 1.86. The smallest absolute Gasteiger partial charge is 0.338 e. The third-order valence-corrected chi connectivity index (χ3v) is 4.14. The first-order valence-corrected chi connectivity index (χ1v) is 7.19. The standard InChI is InChI=1S/C17H14F3NO2/c18-11-4-5-15(14(19)8-11)21-7-6-10(9-21)12-2-1-3-13(16(12)20)17(22)23/h1-5,8,10H,6-7,9H2,(H,22,23). The van der Waals surface area contributed by atoms with Crippen molar-refractivity contribution in [2.24, 2.45) is 0 Å². The van der Waals surface area contributed by atoms with Crippen LogP contribution in [0, 0.1) is 17.5 Å². The van der Waals surface area contributed by atoms with Crippen LogP contribution >= 0.6 is 0 Å². The van der Waals surface area contributed by atoms with Crippen molar-refractivity contribution in [1.29, 1.82) is 0 Å². The average molecular weight is 321 g/mol. The highest BCUT2D eigenvalue weighted by atomic mass is 19.1. The van der Waals surface area contributed by atoms with Gasteiger partial charge in [0.05, 0.1) is 11.3 Å². The van der Waals surface area contributed by atoms with E-state index in [1.54, 1.807) is 11.0 Å². The highest BCUT2D eigenvalue weighted by Crippen LogP contribution is 2.34. The Kier molecular flexibility index (Phi) is 3.98. The van der Waals surface area contributed by atoms with E-state index in [1.807, 2.05) is 0 Å². The van der Waals surface area contributed by atoms with Gasteiger partial charge in [-0.05, 0) is 30.2 Å². The van der Waals surface area contributed by atoms with Gasteiger partial charge in [-0.1, -0.05) is 12.1 Å². The van der Waals surface area contributed by atoms with Gasteiger partial charge in [0, 0.05) is 25.1 Å². The normalized spacial score (nSPS) is 17.5. The first-order valence-electron chi connectivity index (χ1n) is 7.19. The van der Waals surface area contributed by atoms with Crippen LogP contribution in [0.25, 0.3) is 0 Å². The number of anilines is 1. The Morgan fingerprint density at radius 3 is 2.65 bits per heavy atom. The third-order valence-electron chi connectivity index (χ3n) is 4.14. The summed E-state index contributed by atoms with van der Waals surface area (Å²) in [7, 11) is 0. The summed E-state index contributed by atoms with van der Waals surface area (Å²) >= 11 is 0. The van der Waals surface area contributed by atoms with Crippen LogP contribution in [-0.4, -0.2) is 24.2 Å². The highest BCUT2D eigenvalue weighted by Gasteiger charge is 2.29. The minimum absolute atomic E-state index is 0.237. The lowest BCUT2D eigenvalue weighted by Crippen LogP contribution is -2.20. The molecule has 0 aliphatic carbocycles. The van der Waals surface area contributed by atoms with Gasteiger partial charge in [0.15, 0.2) is 0 Å². The third kappa shape index (κ3) is 2.88. The molecule has 1 N–H and O–H groups in total. The molecule has 1 atom stereocenters. The first-order chi connectivity index (χ1) is 11.0. The van der Waals surface area contributed by atoms with Crippen LogP contribution in [0.15, 0.2) is 36.4 Å². The molecule has 0 bridgehead atoms. The molecule has 1 fully saturated rings. The number of hydrogen-bond donors (Lipinski definition) is 1. The van der Waals surface area contributed by atoms with Crippen LogP contribution in [0.1, 0.15) is 28.3 Å². The van der Waals surface area contributed by atoms with E-state index in [1.165, 1.54) is 24.3 Å². The van der Waals surface area contributed by atoms with Crippen molar-refractivity contribution < 1.29 is 23.1 Å². The molecule has 1 aliphatic rings. The van der Waals surface area contributed by atoms with Gasteiger partial charge in [0.1, 0.15) is 17.5 Å². The van der Waals surface area contributed by atoms with E-state index in [0.29, 0.717) is 25.1 Å². The number of benzene rings is 2. The van der Waals surface area contributed by atoms with Gasteiger partial charge in [-0.15, -0.1) is 0 Å². The van der Waals surface area contributed by atoms with E-state index in [-0.39, 0.29) is 17.2 Å². The Labute approximate surface area is 131 Å². The Hall–Kier alpha value is -2.50.